The molecule has 0 spiro atoms. The number of nitrogens with one attached hydrogen (secondary N) is 1. The van der Waals surface area contributed by atoms with E-state index in [0.717, 1.165) is 47.9 Å². The van der Waals surface area contributed by atoms with Gasteiger partial charge in [-0.3, -0.25) is 9.59 Å². The van der Waals surface area contributed by atoms with Crippen LogP contribution in [0.5, 0.6) is 0 Å². The highest BCUT2D eigenvalue weighted by Gasteiger charge is 2.26. The second-order valence-electron chi connectivity index (χ2n) is 7.25. The summed E-state index contributed by atoms with van der Waals surface area (Å²) in [7, 11) is 0. The summed E-state index contributed by atoms with van der Waals surface area (Å²) in [5.41, 5.74) is 2.68. The van der Waals surface area contributed by atoms with Gasteiger partial charge in [-0.05, 0) is 37.1 Å². The number of anilines is 3. The van der Waals surface area contributed by atoms with E-state index >= 15 is 0 Å². The van der Waals surface area contributed by atoms with Gasteiger partial charge in [0.25, 0.3) is 0 Å². The molecule has 1 N–H and O–H groups in total. The Labute approximate surface area is 170 Å². The highest BCUT2D eigenvalue weighted by atomic mass is 32.2. The van der Waals surface area contributed by atoms with Crippen molar-refractivity contribution in [1.82, 2.24) is 0 Å². The first-order valence-corrected chi connectivity index (χ1v) is 10.7. The normalized spacial score (nSPS) is 19.3. The molecule has 2 aliphatic heterocycles. The minimum atomic E-state index is 0.0460. The summed E-state index contributed by atoms with van der Waals surface area (Å²) in [6.45, 7) is 3.86. The van der Waals surface area contributed by atoms with Crippen LogP contribution in [-0.4, -0.2) is 36.7 Å². The van der Waals surface area contributed by atoms with Crippen LogP contribution in [0.15, 0.2) is 53.4 Å². The number of benzene rings is 2. The van der Waals surface area contributed by atoms with Crippen molar-refractivity contribution in [3.05, 3.63) is 48.5 Å². The Morgan fingerprint density at radius 2 is 1.86 bits per heavy atom. The summed E-state index contributed by atoms with van der Waals surface area (Å²) in [6.07, 6.45) is 2.43. The zero-order valence-electron chi connectivity index (χ0n) is 16.1. The summed E-state index contributed by atoms with van der Waals surface area (Å²) in [6, 6.07) is 15.8. The highest BCUT2D eigenvalue weighted by Crippen LogP contribution is 2.37. The van der Waals surface area contributed by atoms with E-state index in [0.29, 0.717) is 11.7 Å². The monoisotopic (exact) mass is 395 g/mol. The van der Waals surface area contributed by atoms with Gasteiger partial charge in [-0.25, -0.2) is 0 Å². The lowest BCUT2D eigenvalue weighted by Gasteiger charge is -2.24. The molecule has 2 heterocycles. The summed E-state index contributed by atoms with van der Waals surface area (Å²) >= 11 is 1.83. The molecule has 0 saturated carbocycles. The Hall–Kier alpha value is -2.47. The maximum Gasteiger partial charge on any atom is 0.246 e. The third-order valence-electron chi connectivity index (χ3n) is 5.24. The average Bonchev–Trinajstić information content (AvgIpc) is 3.05. The lowest BCUT2D eigenvalue weighted by atomic mass is 10.2. The number of carbonyl (C=O) groups excluding carboxylic acids is 2. The van der Waals surface area contributed by atoms with Crippen molar-refractivity contribution in [2.45, 2.75) is 36.3 Å². The Morgan fingerprint density at radius 1 is 1.11 bits per heavy atom. The van der Waals surface area contributed by atoms with Crippen molar-refractivity contribution in [2.24, 2.45) is 0 Å². The molecule has 2 aromatic carbocycles. The molecule has 28 heavy (non-hydrogen) atoms. The van der Waals surface area contributed by atoms with Gasteiger partial charge in [0.1, 0.15) is 0 Å². The van der Waals surface area contributed by atoms with Gasteiger partial charge in [0.15, 0.2) is 0 Å². The Bertz CT molecular complexity index is 886. The van der Waals surface area contributed by atoms with Crippen LogP contribution < -0.4 is 15.1 Å². The summed E-state index contributed by atoms with van der Waals surface area (Å²) in [4.78, 5) is 30.1. The van der Waals surface area contributed by atoms with E-state index in [9.17, 15) is 9.59 Å². The number of nitrogens with zero attached hydrogens (tertiary/aromatic N) is 2. The number of carbonyl (C=O) groups is 2. The summed E-state index contributed by atoms with van der Waals surface area (Å²) < 4.78 is 0. The van der Waals surface area contributed by atoms with Crippen LogP contribution in [0, 0.1) is 0 Å². The van der Waals surface area contributed by atoms with E-state index in [1.165, 1.54) is 0 Å². The molecular weight excluding hydrogens is 370 g/mol. The number of amides is 2. The molecule has 2 aliphatic rings. The molecular formula is C22H25N3O2S. The lowest BCUT2D eigenvalue weighted by Crippen LogP contribution is -2.37. The largest absolute Gasteiger partial charge is 0.374 e. The molecule has 1 atom stereocenters. The van der Waals surface area contributed by atoms with Gasteiger partial charge in [0.2, 0.25) is 11.8 Å². The molecule has 1 fully saturated rings. The first-order valence-electron chi connectivity index (χ1n) is 9.83. The predicted octanol–water partition coefficient (Wildman–Crippen LogP) is 4.14. The Morgan fingerprint density at radius 3 is 2.64 bits per heavy atom. The fourth-order valence-corrected chi connectivity index (χ4v) is 4.89. The molecule has 2 aromatic rings. The maximum absolute atomic E-state index is 13.1. The van der Waals surface area contributed by atoms with E-state index in [-0.39, 0.29) is 18.4 Å². The Balaban J connectivity index is 1.50. The maximum atomic E-state index is 13.1. The predicted molar refractivity (Wildman–Crippen MR) is 115 cm³/mol. The fourth-order valence-electron chi connectivity index (χ4n) is 3.77. The quantitative estimate of drug-likeness (QED) is 0.845. The lowest BCUT2D eigenvalue weighted by molar-refractivity contribution is -0.117. The van der Waals surface area contributed by atoms with E-state index in [1.807, 2.05) is 64.0 Å². The van der Waals surface area contributed by atoms with Crippen molar-refractivity contribution in [3.63, 3.8) is 0 Å². The SMILES string of the molecule is C[C@@H]1CCN(C(=O)CNc2ccccc2N2CCCC2=O)c2ccccc2S1. The zero-order valence-corrected chi connectivity index (χ0v) is 16.9. The number of rotatable bonds is 4. The first-order chi connectivity index (χ1) is 13.6. The molecule has 0 aliphatic carbocycles. The van der Waals surface area contributed by atoms with Gasteiger partial charge in [-0.1, -0.05) is 31.2 Å². The second-order valence-corrected chi connectivity index (χ2v) is 8.73. The van der Waals surface area contributed by atoms with Crippen LogP contribution in [0.3, 0.4) is 0 Å². The summed E-state index contributed by atoms with van der Waals surface area (Å²) in [5, 5.41) is 3.76. The fraction of sp³-hybridized carbons (Fsp3) is 0.364. The molecule has 0 radical (unpaired) electrons. The minimum absolute atomic E-state index is 0.0460. The van der Waals surface area contributed by atoms with Crippen molar-refractivity contribution in [2.75, 3.05) is 34.8 Å². The van der Waals surface area contributed by atoms with E-state index in [1.54, 1.807) is 0 Å². The number of fused-ring (bicyclic) bond motifs is 1. The third kappa shape index (κ3) is 3.87. The standard InChI is InChI=1S/C22H25N3O2S/c1-16-12-14-25(19-9-4-5-10-20(19)28-16)22(27)15-23-17-7-2-3-8-18(17)24-13-6-11-21(24)26/h2-5,7-10,16,23H,6,11-15H2,1H3/t16-/m1/s1. The smallest absolute Gasteiger partial charge is 0.246 e. The number of hydrogen-bond acceptors (Lipinski definition) is 4. The van der Waals surface area contributed by atoms with Crippen LogP contribution in [0.1, 0.15) is 26.2 Å². The molecule has 4 rings (SSSR count). The van der Waals surface area contributed by atoms with E-state index in [4.69, 9.17) is 0 Å². The molecule has 6 heteroatoms. The van der Waals surface area contributed by atoms with E-state index in [2.05, 4.69) is 18.3 Å². The second kappa shape index (κ2) is 8.27. The zero-order chi connectivity index (χ0) is 19.5. The minimum Gasteiger partial charge on any atom is -0.374 e. The average molecular weight is 396 g/mol. The highest BCUT2D eigenvalue weighted by molar-refractivity contribution is 8.00. The molecule has 0 unspecified atom stereocenters. The van der Waals surface area contributed by atoms with Crippen molar-refractivity contribution >= 4 is 40.6 Å². The van der Waals surface area contributed by atoms with E-state index < -0.39 is 0 Å². The van der Waals surface area contributed by atoms with Crippen molar-refractivity contribution < 1.29 is 9.59 Å². The van der Waals surface area contributed by atoms with Gasteiger partial charge in [0.05, 0.1) is 23.6 Å². The molecule has 146 valence electrons. The van der Waals surface area contributed by atoms with Crippen LogP contribution >= 0.6 is 11.8 Å². The molecule has 0 bridgehead atoms. The number of para-hydroxylation sites is 3. The van der Waals surface area contributed by atoms with Crippen LogP contribution in [0.25, 0.3) is 0 Å². The van der Waals surface area contributed by atoms with Crippen LogP contribution in [-0.2, 0) is 9.59 Å². The van der Waals surface area contributed by atoms with Gasteiger partial charge < -0.3 is 15.1 Å². The molecule has 1 saturated heterocycles. The van der Waals surface area contributed by atoms with Gasteiger partial charge in [0, 0.05) is 29.7 Å². The summed E-state index contributed by atoms with van der Waals surface area (Å²) in [5.74, 6) is 0.192. The van der Waals surface area contributed by atoms with Crippen LogP contribution in [0.4, 0.5) is 17.1 Å². The van der Waals surface area contributed by atoms with Gasteiger partial charge in [-0.2, -0.15) is 0 Å². The van der Waals surface area contributed by atoms with Crippen molar-refractivity contribution in [3.8, 4) is 0 Å². The molecule has 5 nitrogen and oxygen atoms in total. The molecule has 0 aromatic heterocycles. The van der Waals surface area contributed by atoms with Gasteiger partial charge in [-0.15, -0.1) is 11.8 Å². The van der Waals surface area contributed by atoms with Crippen LogP contribution in [0.2, 0.25) is 0 Å². The van der Waals surface area contributed by atoms with Crippen molar-refractivity contribution in [1.29, 1.82) is 0 Å². The Kier molecular flexibility index (Phi) is 5.57. The molecule has 2 amide bonds. The number of hydrogen-bond donors (Lipinski definition) is 1. The first kappa shape index (κ1) is 18.9. The number of thioether (sulfide) groups is 1. The third-order valence-corrected chi connectivity index (χ3v) is 6.48. The van der Waals surface area contributed by atoms with Gasteiger partial charge >= 0.3 is 0 Å². The topological polar surface area (TPSA) is 52.7 Å².